The van der Waals surface area contributed by atoms with E-state index in [1.165, 1.54) is 12.1 Å². The van der Waals surface area contributed by atoms with Crippen LogP contribution in [0.4, 0.5) is 4.39 Å². The Morgan fingerprint density at radius 1 is 1.21 bits per heavy atom. The van der Waals surface area contributed by atoms with Gasteiger partial charge in [-0.1, -0.05) is 24.3 Å². The molecule has 0 bridgehead atoms. The molecule has 0 saturated carbocycles. The van der Waals surface area contributed by atoms with Crippen LogP contribution in [0.1, 0.15) is 36.6 Å². The Labute approximate surface area is 165 Å². The number of aliphatic imine (C=N–C) groups is 1. The molecular weight excluding hydrogens is 355 g/mol. The van der Waals surface area contributed by atoms with Crippen LogP contribution in [0.5, 0.6) is 0 Å². The van der Waals surface area contributed by atoms with E-state index in [0.29, 0.717) is 18.7 Å². The molecule has 0 spiro atoms. The molecule has 146 valence electrons. The van der Waals surface area contributed by atoms with Gasteiger partial charge in [-0.05, 0) is 49.2 Å². The van der Waals surface area contributed by atoms with Gasteiger partial charge in [0.2, 0.25) is 0 Å². The highest BCUT2D eigenvalue weighted by molar-refractivity contribution is 5.80. The van der Waals surface area contributed by atoms with Crippen LogP contribution in [0.25, 0.3) is 0 Å². The van der Waals surface area contributed by atoms with E-state index >= 15 is 0 Å². The average molecular weight is 380 g/mol. The highest BCUT2D eigenvalue weighted by atomic mass is 19.1. The molecule has 6 heteroatoms. The van der Waals surface area contributed by atoms with Crippen molar-refractivity contribution in [2.45, 2.75) is 32.6 Å². The Hall–Kier alpha value is -2.91. The van der Waals surface area contributed by atoms with Crippen LogP contribution < -0.4 is 5.32 Å². The predicted molar refractivity (Wildman–Crippen MR) is 107 cm³/mol. The molecule has 5 nitrogen and oxygen atoms in total. The van der Waals surface area contributed by atoms with Crippen LogP contribution in [-0.4, -0.2) is 36.6 Å². The lowest BCUT2D eigenvalue weighted by molar-refractivity contribution is -0.0605. The third-order valence-corrected chi connectivity index (χ3v) is 4.63. The van der Waals surface area contributed by atoms with Crippen molar-refractivity contribution in [3.8, 4) is 6.07 Å². The Morgan fingerprint density at radius 3 is 2.57 bits per heavy atom. The maximum Gasteiger partial charge on any atom is 0.194 e. The zero-order valence-electron chi connectivity index (χ0n) is 16.2. The molecule has 1 aliphatic heterocycles. The van der Waals surface area contributed by atoms with Crippen molar-refractivity contribution in [1.82, 2.24) is 10.2 Å². The number of rotatable bonds is 4. The molecular formula is C22H25FN4O. The summed E-state index contributed by atoms with van der Waals surface area (Å²) in [5.74, 6) is 0.580. The fourth-order valence-electron chi connectivity index (χ4n) is 3.26. The second-order valence-electron chi connectivity index (χ2n) is 6.87. The normalized spacial score (nSPS) is 19.9. The van der Waals surface area contributed by atoms with E-state index in [9.17, 15) is 4.39 Å². The zero-order chi connectivity index (χ0) is 19.9. The smallest absolute Gasteiger partial charge is 0.194 e. The van der Waals surface area contributed by atoms with E-state index in [4.69, 9.17) is 15.0 Å². The topological polar surface area (TPSA) is 60.7 Å². The monoisotopic (exact) mass is 380 g/mol. The molecule has 1 saturated heterocycles. The number of nitrogens with zero attached hydrogens (tertiary/aromatic N) is 3. The lowest BCUT2D eigenvalue weighted by Gasteiger charge is -2.38. The molecule has 1 N–H and O–H groups in total. The minimum absolute atomic E-state index is 0.0302. The van der Waals surface area contributed by atoms with Crippen molar-refractivity contribution in [3.63, 3.8) is 0 Å². The van der Waals surface area contributed by atoms with Gasteiger partial charge >= 0.3 is 0 Å². The summed E-state index contributed by atoms with van der Waals surface area (Å²) in [7, 11) is 0. The van der Waals surface area contributed by atoms with E-state index in [1.54, 1.807) is 24.3 Å². The summed E-state index contributed by atoms with van der Waals surface area (Å²) < 4.78 is 19.3. The van der Waals surface area contributed by atoms with Gasteiger partial charge in [0, 0.05) is 13.1 Å². The maximum absolute atomic E-state index is 13.2. The predicted octanol–water partition coefficient (Wildman–Crippen LogP) is 3.62. The van der Waals surface area contributed by atoms with E-state index in [1.807, 2.05) is 26.0 Å². The standard InChI is InChI=1S/C22H25FN4O/c1-3-25-22(26-13-18-6-4-17(12-24)5-7-18)27-14-16(2)28-21(15-27)19-8-10-20(23)11-9-19/h4-11,16,21H,3,13-15H2,1-2H3,(H,25,26). The Bertz CT molecular complexity index is 842. The van der Waals surface area contributed by atoms with Gasteiger partial charge in [0.05, 0.1) is 30.8 Å². The number of halogens is 1. The largest absolute Gasteiger partial charge is 0.367 e. The molecule has 2 unspecified atom stereocenters. The Balaban J connectivity index is 1.75. The quantitative estimate of drug-likeness (QED) is 0.650. The van der Waals surface area contributed by atoms with Gasteiger partial charge in [0.1, 0.15) is 11.9 Å². The molecule has 0 aromatic heterocycles. The highest BCUT2D eigenvalue weighted by Crippen LogP contribution is 2.25. The number of hydrogen-bond donors (Lipinski definition) is 1. The number of nitriles is 1. The third kappa shape index (κ3) is 5.08. The van der Waals surface area contributed by atoms with Gasteiger partial charge in [-0.15, -0.1) is 0 Å². The van der Waals surface area contributed by atoms with Gasteiger partial charge < -0.3 is 15.0 Å². The van der Waals surface area contributed by atoms with E-state index in [2.05, 4.69) is 16.3 Å². The van der Waals surface area contributed by atoms with Crippen molar-refractivity contribution >= 4 is 5.96 Å². The van der Waals surface area contributed by atoms with Gasteiger partial charge in [0.25, 0.3) is 0 Å². The summed E-state index contributed by atoms with van der Waals surface area (Å²) in [6.45, 7) is 6.75. The first-order valence-electron chi connectivity index (χ1n) is 9.52. The number of hydrogen-bond acceptors (Lipinski definition) is 3. The molecule has 0 aliphatic carbocycles. The fourth-order valence-corrected chi connectivity index (χ4v) is 3.26. The number of benzene rings is 2. The second-order valence-corrected chi connectivity index (χ2v) is 6.87. The summed E-state index contributed by atoms with van der Waals surface area (Å²) in [6.07, 6.45) is -0.106. The summed E-state index contributed by atoms with van der Waals surface area (Å²) in [5.41, 5.74) is 2.65. The van der Waals surface area contributed by atoms with E-state index < -0.39 is 0 Å². The van der Waals surface area contributed by atoms with Crippen molar-refractivity contribution in [2.75, 3.05) is 19.6 Å². The van der Waals surface area contributed by atoms with Gasteiger partial charge in [-0.2, -0.15) is 5.26 Å². The summed E-state index contributed by atoms with van der Waals surface area (Å²) in [4.78, 5) is 6.96. The van der Waals surface area contributed by atoms with Crippen LogP contribution in [0.2, 0.25) is 0 Å². The summed E-state index contributed by atoms with van der Waals surface area (Å²) in [5, 5.41) is 12.3. The molecule has 2 atom stereocenters. The van der Waals surface area contributed by atoms with Crippen LogP contribution in [0.15, 0.2) is 53.5 Å². The number of guanidine groups is 1. The van der Waals surface area contributed by atoms with Crippen molar-refractivity contribution in [1.29, 1.82) is 5.26 Å². The van der Waals surface area contributed by atoms with Crippen molar-refractivity contribution < 1.29 is 9.13 Å². The molecule has 1 aliphatic rings. The maximum atomic E-state index is 13.2. The van der Waals surface area contributed by atoms with Crippen LogP contribution >= 0.6 is 0 Å². The molecule has 0 amide bonds. The Kier molecular flexibility index (Phi) is 6.62. The molecule has 28 heavy (non-hydrogen) atoms. The number of ether oxygens (including phenoxy) is 1. The Morgan fingerprint density at radius 2 is 1.93 bits per heavy atom. The van der Waals surface area contributed by atoms with Crippen LogP contribution in [0.3, 0.4) is 0 Å². The first kappa shape index (κ1) is 19.8. The van der Waals surface area contributed by atoms with Crippen molar-refractivity contribution in [3.05, 3.63) is 71.0 Å². The van der Waals surface area contributed by atoms with Crippen molar-refractivity contribution in [2.24, 2.45) is 4.99 Å². The summed E-state index contributed by atoms with van der Waals surface area (Å²) in [6, 6.07) is 16.1. The first-order valence-corrected chi connectivity index (χ1v) is 9.52. The second kappa shape index (κ2) is 9.34. The van der Waals surface area contributed by atoms with E-state index in [0.717, 1.165) is 30.2 Å². The molecule has 1 heterocycles. The molecule has 2 aromatic carbocycles. The minimum atomic E-state index is -0.248. The van der Waals surface area contributed by atoms with Gasteiger partial charge in [0.15, 0.2) is 5.96 Å². The van der Waals surface area contributed by atoms with Gasteiger partial charge in [-0.25, -0.2) is 9.38 Å². The first-order chi connectivity index (χ1) is 13.6. The summed E-state index contributed by atoms with van der Waals surface area (Å²) >= 11 is 0. The molecule has 1 fully saturated rings. The van der Waals surface area contributed by atoms with Crippen LogP contribution in [0, 0.1) is 17.1 Å². The van der Waals surface area contributed by atoms with Gasteiger partial charge in [-0.3, -0.25) is 0 Å². The van der Waals surface area contributed by atoms with E-state index in [-0.39, 0.29) is 18.0 Å². The zero-order valence-corrected chi connectivity index (χ0v) is 16.2. The average Bonchev–Trinajstić information content (AvgIpc) is 2.71. The number of nitrogens with one attached hydrogen (secondary N) is 1. The SMILES string of the molecule is CCNC(=NCc1ccc(C#N)cc1)N1CC(C)OC(c2ccc(F)cc2)C1. The minimum Gasteiger partial charge on any atom is -0.367 e. The molecule has 0 radical (unpaired) electrons. The van der Waals surface area contributed by atoms with Crippen LogP contribution in [-0.2, 0) is 11.3 Å². The lowest BCUT2D eigenvalue weighted by atomic mass is 10.1. The third-order valence-electron chi connectivity index (χ3n) is 4.63. The lowest BCUT2D eigenvalue weighted by Crippen LogP contribution is -2.50. The number of morpholine rings is 1. The highest BCUT2D eigenvalue weighted by Gasteiger charge is 2.28. The fraction of sp³-hybridized carbons (Fsp3) is 0.364. The molecule has 3 rings (SSSR count). The molecule has 2 aromatic rings.